The number of likely N-dealkylation sites (tertiary alicyclic amines) is 1. The summed E-state index contributed by atoms with van der Waals surface area (Å²) in [5, 5.41) is 11.3. The number of hydrogen-bond donors (Lipinski definition) is 1. The van der Waals surface area contributed by atoms with Crippen molar-refractivity contribution in [2.24, 2.45) is 0 Å². The lowest BCUT2D eigenvalue weighted by Gasteiger charge is -2.39. The Morgan fingerprint density at radius 1 is 1.45 bits per heavy atom. The number of piperidine rings is 1. The molecule has 1 fully saturated rings. The highest BCUT2D eigenvalue weighted by molar-refractivity contribution is 5.24. The summed E-state index contributed by atoms with van der Waals surface area (Å²) in [6, 6.07) is 0. The number of aromatic amines is 1. The van der Waals surface area contributed by atoms with Gasteiger partial charge in [-0.1, -0.05) is 12.1 Å². The van der Waals surface area contributed by atoms with E-state index in [2.05, 4.69) is 39.1 Å². The van der Waals surface area contributed by atoms with Crippen molar-refractivity contribution in [2.45, 2.75) is 45.6 Å². The van der Waals surface area contributed by atoms with Crippen molar-refractivity contribution < 1.29 is 4.52 Å². The normalized spacial score (nSPS) is 24.1. The molecule has 0 aliphatic carbocycles. The van der Waals surface area contributed by atoms with E-state index >= 15 is 0 Å². The van der Waals surface area contributed by atoms with Gasteiger partial charge in [0.15, 0.2) is 5.82 Å². The van der Waals surface area contributed by atoms with Gasteiger partial charge in [-0.2, -0.15) is 10.1 Å². The Morgan fingerprint density at radius 3 is 2.95 bits per heavy atom. The second-order valence-corrected chi connectivity index (χ2v) is 6.03. The van der Waals surface area contributed by atoms with Gasteiger partial charge in [0.1, 0.15) is 0 Å². The Hall–Kier alpha value is -1.69. The van der Waals surface area contributed by atoms with Crippen LogP contribution in [0.2, 0.25) is 0 Å². The molecule has 0 saturated carbocycles. The second kappa shape index (κ2) is 5.01. The lowest BCUT2D eigenvalue weighted by Crippen LogP contribution is -2.44. The monoisotopic (exact) mass is 275 g/mol. The zero-order valence-corrected chi connectivity index (χ0v) is 12.3. The van der Waals surface area contributed by atoms with Crippen LogP contribution >= 0.6 is 0 Å². The summed E-state index contributed by atoms with van der Waals surface area (Å²) in [6.07, 6.45) is 4.26. The van der Waals surface area contributed by atoms with Crippen LogP contribution in [0.25, 0.3) is 0 Å². The molecule has 6 heteroatoms. The maximum absolute atomic E-state index is 5.05. The summed E-state index contributed by atoms with van der Waals surface area (Å²) >= 11 is 0. The summed E-state index contributed by atoms with van der Waals surface area (Å²) in [4.78, 5) is 6.69. The molecule has 1 saturated heterocycles. The lowest BCUT2D eigenvalue weighted by molar-refractivity contribution is 0.142. The molecule has 1 N–H and O–H groups in total. The van der Waals surface area contributed by atoms with Gasteiger partial charge in [0.25, 0.3) is 0 Å². The predicted octanol–water partition coefficient (Wildman–Crippen LogP) is 1.96. The van der Waals surface area contributed by atoms with Gasteiger partial charge in [-0.3, -0.25) is 10.00 Å². The maximum Gasteiger partial charge on any atom is 0.223 e. The van der Waals surface area contributed by atoms with Crippen molar-refractivity contribution in [2.75, 3.05) is 13.1 Å². The Morgan fingerprint density at radius 2 is 2.30 bits per heavy atom. The molecule has 2 aromatic rings. The van der Waals surface area contributed by atoms with Crippen molar-refractivity contribution in [3.05, 3.63) is 29.2 Å². The standard InChI is InChI=1S/C14H21N5O/c1-10-7-15-17-13(10)14(3)5-4-6-19(9-14)8-12-16-11(2)20-18-12/h7H,4-6,8-9H2,1-3H3,(H,15,17)/t14-/m0/s1. The SMILES string of the molecule is Cc1nc(CN2CCC[C@](C)(c3[nH]ncc3C)C2)no1. The Balaban J connectivity index is 1.74. The third kappa shape index (κ3) is 2.47. The smallest absolute Gasteiger partial charge is 0.223 e. The number of hydrogen-bond acceptors (Lipinski definition) is 5. The molecule has 3 heterocycles. The van der Waals surface area contributed by atoms with Crippen molar-refractivity contribution in [1.29, 1.82) is 0 Å². The van der Waals surface area contributed by atoms with Crippen LogP contribution in [-0.4, -0.2) is 38.3 Å². The van der Waals surface area contributed by atoms with E-state index in [0.717, 1.165) is 25.5 Å². The van der Waals surface area contributed by atoms with Crippen LogP contribution in [0.3, 0.4) is 0 Å². The third-order valence-electron chi connectivity index (χ3n) is 4.14. The Bertz CT molecular complexity index is 590. The van der Waals surface area contributed by atoms with Crippen LogP contribution in [0.15, 0.2) is 10.7 Å². The molecule has 1 atom stereocenters. The molecule has 6 nitrogen and oxygen atoms in total. The maximum atomic E-state index is 5.05. The predicted molar refractivity (Wildman–Crippen MR) is 74.2 cm³/mol. The zero-order valence-electron chi connectivity index (χ0n) is 12.3. The highest BCUT2D eigenvalue weighted by Gasteiger charge is 2.35. The van der Waals surface area contributed by atoms with Gasteiger partial charge < -0.3 is 4.52 Å². The van der Waals surface area contributed by atoms with Crippen LogP contribution < -0.4 is 0 Å². The van der Waals surface area contributed by atoms with Gasteiger partial charge in [-0.25, -0.2) is 0 Å². The van der Waals surface area contributed by atoms with Gasteiger partial charge >= 0.3 is 0 Å². The molecule has 1 aliphatic heterocycles. The summed E-state index contributed by atoms with van der Waals surface area (Å²) in [7, 11) is 0. The van der Waals surface area contributed by atoms with Gasteiger partial charge in [0.05, 0.1) is 12.7 Å². The molecule has 0 spiro atoms. The van der Waals surface area contributed by atoms with E-state index in [1.807, 2.05) is 13.1 Å². The van der Waals surface area contributed by atoms with Crippen LogP contribution in [0.5, 0.6) is 0 Å². The van der Waals surface area contributed by atoms with E-state index < -0.39 is 0 Å². The van der Waals surface area contributed by atoms with E-state index in [0.29, 0.717) is 5.89 Å². The fourth-order valence-electron chi connectivity index (χ4n) is 3.25. The first kappa shape index (κ1) is 13.3. The Labute approximate surface area is 118 Å². The number of rotatable bonds is 3. The summed E-state index contributed by atoms with van der Waals surface area (Å²) in [6.45, 7) is 9.07. The minimum atomic E-state index is 0.123. The first-order valence-electron chi connectivity index (χ1n) is 7.09. The molecule has 0 bridgehead atoms. The van der Waals surface area contributed by atoms with E-state index in [-0.39, 0.29) is 5.41 Å². The minimum absolute atomic E-state index is 0.123. The number of nitrogens with one attached hydrogen (secondary N) is 1. The van der Waals surface area contributed by atoms with Crippen molar-refractivity contribution in [3.63, 3.8) is 0 Å². The number of nitrogens with zero attached hydrogens (tertiary/aromatic N) is 4. The molecule has 20 heavy (non-hydrogen) atoms. The third-order valence-corrected chi connectivity index (χ3v) is 4.14. The van der Waals surface area contributed by atoms with E-state index in [1.54, 1.807) is 0 Å². The van der Waals surface area contributed by atoms with Crippen LogP contribution in [-0.2, 0) is 12.0 Å². The quantitative estimate of drug-likeness (QED) is 0.927. The Kier molecular flexibility index (Phi) is 3.33. The zero-order chi connectivity index (χ0) is 14.2. The van der Waals surface area contributed by atoms with Gasteiger partial charge in [0, 0.05) is 24.6 Å². The molecule has 1 aliphatic rings. The van der Waals surface area contributed by atoms with E-state index in [1.165, 1.54) is 24.1 Å². The lowest BCUT2D eigenvalue weighted by atomic mass is 9.77. The molecule has 2 aromatic heterocycles. The number of H-pyrrole nitrogens is 1. The van der Waals surface area contributed by atoms with Crippen LogP contribution in [0.1, 0.15) is 42.7 Å². The van der Waals surface area contributed by atoms with Gasteiger partial charge in [-0.05, 0) is 31.9 Å². The van der Waals surface area contributed by atoms with Gasteiger partial charge in [0.2, 0.25) is 5.89 Å². The molecular weight excluding hydrogens is 254 g/mol. The highest BCUT2D eigenvalue weighted by atomic mass is 16.5. The van der Waals surface area contributed by atoms with Crippen molar-refractivity contribution in [1.82, 2.24) is 25.2 Å². The molecule has 0 aromatic carbocycles. The summed E-state index contributed by atoms with van der Waals surface area (Å²) < 4.78 is 5.05. The highest BCUT2D eigenvalue weighted by Crippen LogP contribution is 2.34. The summed E-state index contributed by atoms with van der Waals surface area (Å²) in [5.41, 5.74) is 2.62. The largest absolute Gasteiger partial charge is 0.340 e. The van der Waals surface area contributed by atoms with E-state index in [9.17, 15) is 0 Å². The van der Waals surface area contributed by atoms with E-state index in [4.69, 9.17) is 4.52 Å². The fraction of sp³-hybridized carbons (Fsp3) is 0.643. The topological polar surface area (TPSA) is 70.8 Å². The molecule has 0 unspecified atom stereocenters. The van der Waals surface area contributed by atoms with Crippen LogP contribution in [0.4, 0.5) is 0 Å². The molecule has 3 rings (SSSR count). The van der Waals surface area contributed by atoms with Crippen molar-refractivity contribution >= 4 is 0 Å². The van der Waals surface area contributed by atoms with Gasteiger partial charge in [-0.15, -0.1) is 0 Å². The molecule has 108 valence electrons. The second-order valence-electron chi connectivity index (χ2n) is 6.03. The average molecular weight is 275 g/mol. The average Bonchev–Trinajstić information content (AvgIpc) is 2.99. The first-order chi connectivity index (χ1) is 9.57. The first-order valence-corrected chi connectivity index (χ1v) is 7.09. The fourth-order valence-corrected chi connectivity index (χ4v) is 3.25. The van der Waals surface area contributed by atoms with Crippen molar-refractivity contribution in [3.8, 4) is 0 Å². The van der Waals surface area contributed by atoms with Crippen LogP contribution in [0, 0.1) is 13.8 Å². The molecule has 0 amide bonds. The molecule has 0 radical (unpaired) electrons. The summed E-state index contributed by atoms with van der Waals surface area (Å²) in [5.74, 6) is 1.40. The number of aromatic nitrogens is 4. The number of aryl methyl sites for hydroxylation is 2. The molecular formula is C14H21N5O. The minimum Gasteiger partial charge on any atom is -0.340 e.